The third kappa shape index (κ3) is 2.91. The topological polar surface area (TPSA) is 45.6 Å². The fourth-order valence-electron chi connectivity index (χ4n) is 4.16. The highest BCUT2D eigenvalue weighted by Gasteiger charge is 2.46. The lowest BCUT2D eigenvalue weighted by Gasteiger charge is -2.38. The summed E-state index contributed by atoms with van der Waals surface area (Å²) in [5.41, 5.74) is 1.84. The highest BCUT2D eigenvalue weighted by Crippen LogP contribution is 2.35. The Labute approximate surface area is 154 Å². The van der Waals surface area contributed by atoms with Gasteiger partial charge >= 0.3 is 0 Å². The molecule has 26 heavy (non-hydrogen) atoms. The monoisotopic (exact) mass is 351 g/mol. The molecule has 0 bridgehead atoms. The van der Waals surface area contributed by atoms with Crippen LogP contribution in [0.3, 0.4) is 0 Å². The second kappa shape index (κ2) is 6.63. The zero-order chi connectivity index (χ0) is 18.3. The molecule has 5 nitrogen and oxygen atoms in total. The van der Waals surface area contributed by atoms with E-state index in [1.165, 1.54) is 0 Å². The number of nitrogens with zero attached hydrogens (tertiary/aromatic N) is 3. The van der Waals surface area contributed by atoms with Gasteiger partial charge in [-0.1, -0.05) is 44.2 Å². The summed E-state index contributed by atoms with van der Waals surface area (Å²) in [6.45, 7) is 6.01. The van der Waals surface area contributed by atoms with E-state index in [2.05, 4.69) is 18.4 Å². The number of rotatable bonds is 4. The molecule has 1 aromatic heterocycles. The second-order valence-electron chi connectivity index (χ2n) is 7.75. The van der Waals surface area contributed by atoms with E-state index < -0.39 is 0 Å². The summed E-state index contributed by atoms with van der Waals surface area (Å²) in [4.78, 5) is 29.6. The molecule has 5 heteroatoms. The van der Waals surface area contributed by atoms with Crippen molar-refractivity contribution in [3.05, 3.63) is 59.9 Å². The third-order valence-electron chi connectivity index (χ3n) is 5.41. The van der Waals surface area contributed by atoms with E-state index in [4.69, 9.17) is 0 Å². The SMILES string of the molecule is CC(C)CC(=O)N1CC2C(C1)n1cccc1C(=O)N2Cc1ccccc1. The molecule has 1 aromatic carbocycles. The Morgan fingerprint density at radius 2 is 1.81 bits per heavy atom. The summed E-state index contributed by atoms with van der Waals surface area (Å²) < 4.78 is 2.07. The number of amides is 2. The first-order valence-electron chi connectivity index (χ1n) is 9.34. The van der Waals surface area contributed by atoms with Crippen LogP contribution < -0.4 is 0 Å². The molecule has 1 saturated heterocycles. The maximum atomic E-state index is 13.1. The van der Waals surface area contributed by atoms with Gasteiger partial charge in [-0.25, -0.2) is 0 Å². The smallest absolute Gasteiger partial charge is 0.271 e. The van der Waals surface area contributed by atoms with Gasteiger partial charge in [0.2, 0.25) is 5.91 Å². The van der Waals surface area contributed by atoms with Crippen LogP contribution in [-0.2, 0) is 11.3 Å². The molecule has 2 amide bonds. The number of benzene rings is 1. The molecule has 0 saturated carbocycles. The van der Waals surface area contributed by atoms with Gasteiger partial charge in [0.1, 0.15) is 5.69 Å². The number of carbonyl (C=O) groups excluding carboxylic acids is 2. The van der Waals surface area contributed by atoms with Crippen molar-refractivity contribution < 1.29 is 9.59 Å². The maximum Gasteiger partial charge on any atom is 0.271 e. The lowest BCUT2D eigenvalue weighted by Crippen LogP contribution is -2.49. The Morgan fingerprint density at radius 1 is 1.08 bits per heavy atom. The molecule has 2 atom stereocenters. The van der Waals surface area contributed by atoms with Gasteiger partial charge in [-0.05, 0) is 23.6 Å². The molecule has 0 N–H and O–H groups in total. The first-order valence-corrected chi connectivity index (χ1v) is 9.34. The van der Waals surface area contributed by atoms with E-state index in [-0.39, 0.29) is 23.9 Å². The van der Waals surface area contributed by atoms with E-state index in [0.29, 0.717) is 32.0 Å². The summed E-state index contributed by atoms with van der Waals surface area (Å²) in [5.74, 6) is 0.586. The fourth-order valence-corrected chi connectivity index (χ4v) is 4.16. The van der Waals surface area contributed by atoms with Gasteiger partial charge in [-0.3, -0.25) is 9.59 Å². The lowest BCUT2D eigenvalue weighted by molar-refractivity contribution is -0.131. The number of likely N-dealkylation sites (tertiary alicyclic amines) is 1. The lowest BCUT2D eigenvalue weighted by atomic mass is 10.0. The molecule has 136 valence electrons. The molecule has 2 aromatic rings. The average Bonchev–Trinajstić information content (AvgIpc) is 3.25. The van der Waals surface area contributed by atoms with Crippen molar-refractivity contribution in [3.8, 4) is 0 Å². The Kier molecular flexibility index (Phi) is 4.31. The number of carbonyl (C=O) groups is 2. The second-order valence-corrected chi connectivity index (χ2v) is 7.75. The molecule has 0 radical (unpaired) electrons. The summed E-state index contributed by atoms with van der Waals surface area (Å²) >= 11 is 0. The van der Waals surface area contributed by atoms with E-state index in [1.807, 2.05) is 58.5 Å². The fraction of sp³-hybridized carbons (Fsp3) is 0.429. The number of aromatic nitrogens is 1. The maximum absolute atomic E-state index is 13.1. The molecule has 0 aliphatic carbocycles. The van der Waals surface area contributed by atoms with Gasteiger partial charge in [0, 0.05) is 32.3 Å². The summed E-state index contributed by atoms with van der Waals surface area (Å²) in [6.07, 6.45) is 2.53. The normalized spacial score (nSPS) is 21.9. The number of fused-ring (bicyclic) bond motifs is 3. The van der Waals surface area contributed by atoms with Crippen LogP contribution in [0.5, 0.6) is 0 Å². The predicted octanol–water partition coefficient (Wildman–Crippen LogP) is 2.94. The van der Waals surface area contributed by atoms with Crippen LogP contribution in [0.15, 0.2) is 48.7 Å². The highest BCUT2D eigenvalue weighted by molar-refractivity contribution is 5.94. The molecular formula is C21H25N3O2. The summed E-state index contributed by atoms with van der Waals surface area (Å²) in [6, 6.07) is 14.0. The van der Waals surface area contributed by atoms with Crippen molar-refractivity contribution in [3.63, 3.8) is 0 Å². The van der Waals surface area contributed by atoms with Crippen LogP contribution in [0.4, 0.5) is 0 Å². The van der Waals surface area contributed by atoms with Gasteiger partial charge < -0.3 is 14.4 Å². The van der Waals surface area contributed by atoms with Gasteiger partial charge in [0.25, 0.3) is 5.91 Å². The quantitative estimate of drug-likeness (QED) is 0.850. The van der Waals surface area contributed by atoms with E-state index in [9.17, 15) is 9.59 Å². The Bertz CT molecular complexity index is 812. The predicted molar refractivity (Wildman–Crippen MR) is 99.6 cm³/mol. The first kappa shape index (κ1) is 16.9. The van der Waals surface area contributed by atoms with E-state index >= 15 is 0 Å². The molecule has 2 aliphatic rings. The van der Waals surface area contributed by atoms with Gasteiger partial charge in [-0.15, -0.1) is 0 Å². The van der Waals surface area contributed by atoms with Crippen molar-refractivity contribution in [2.24, 2.45) is 5.92 Å². The number of hydrogen-bond acceptors (Lipinski definition) is 2. The average molecular weight is 351 g/mol. The Hall–Kier alpha value is -2.56. The van der Waals surface area contributed by atoms with Crippen molar-refractivity contribution in [1.82, 2.24) is 14.4 Å². The van der Waals surface area contributed by atoms with Crippen LogP contribution >= 0.6 is 0 Å². The third-order valence-corrected chi connectivity index (χ3v) is 5.41. The summed E-state index contributed by atoms with van der Waals surface area (Å²) in [5, 5.41) is 0. The van der Waals surface area contributed by atoms with Gasteiger partial charge in [0.15, 0.2) is 0 Å². The molecule has 3 heterocycles. The Balaban J connectivity index is 1.63. The standard InChI is InChI=1S/C21H25N3O2/c1-15(2)11-20(25)22-13-18-19(14-22)24(12-16-7-4-3-5-8-16)21(26)17-9-6-10-23(17)18/h3-10,15,18-19H,11-14H2,1-2H3. The van der Waals surface area contributed by atoms with Crippen molar-refractivity contribution in [1.29, 1.82) is 0 Å². The highest BCUT2D eigenvalue weighted by atomic mass is 16.2. The van der Waals surface area contributed by atoms with E-state index in [1.54, 1.807) is 0 Å². The van der Waals surface area contributed by atoms with Crippen molar-refractivity contribution in [2.45, 2.75) is 38.9 Å². The zero-order valence-corrected chi connectivity index (χ0v) is 15.3. The minimum absolute atomic E-state index is 0.0266. The van der Waals surface area contributed by atoms with Gasteiger partial charge in [0.05, 0.1) is 12.1 Å². The van der Waals surface area contributed by atoms with Crippen LogP contribution in [0.25, 0.3) is 0 Å². The van der Waals surface area contributed by atoms with Crippen LogP contribution in [0.1, 0.15) is 42.4 Å². The molecule has 2 aliphatic heterocycles. The molecule has 4 rings (SSSR count). The van der Waals surface area contributed by atoms with E-state index in [0.717, 1.165) is 11.3 Å². The minimum atomic E-state index is 0.0266. The molecule has 0 spiro atoms. The molecule has 2 unspecified atom stereocenters. The van der Waals surface area contributed by atoms with Crippen molar-refractivity contribution >= 4 is 11.8 Å². The van der Waals surface area contributed by atoms with Crippen LogP contribution in [0, 0.1) is 5.92 Å². The van der Waals surface area contributed by atoms with Crippen LogP contribution in [-0.4, -0.2) is 45.3 Å². The molecular weight excluding hydrogens is 326 g/mol. The van der Waals surface area contributed by atoms with Crippen molar-refractivity contribution in [2.75, 3.05) is 13.1 Å². The molecule has 1 fully saturated rings. The minimum Gasteiger partial charge on any atom is -0.338 e. The largest absolute Gasteiger partial charge is 0.338 e. The first-order chi connectivity index (χ1) is 12.5. The zero-order valence-electron chi connectivity index (χ0n) is 15.3. The van der Waals surface area contributed by atoms with Gasteiger partial charge in [-0.2, -0.15) is 0 Å². The number of hydrogen-bond donors (Lipinski definition) is 0. The summed E-state index contributed by atoms with van der Waals surface area (Å²) in [7, 11) is 0. The van der Waals surface area contributed by atoms with Crippen LogP contribution in [0.2, 0.25) is 0 Å². The Morgan fingerprint density at radius 3 is 2.54 bits per heavy atom.